The molecule has 21 heavy (non-hydrogen) atoms. The molecule has 3 aromatic rings. The number of aromatic nitrogens is 3. The molecule has 6 heteroatoms. The normalized spacial score (nSPS) is 12.4. The Balaban J connectivity index is 1.62. The van der Waals surface area contributed by atoms with Gasteiger partial charge < -0.3 is 16.0 Å². The van der Waals surface area contributed by atoms with Gasteiger partial charge in [-0.1, -0.05) is 18.2 Å². The van der Waals surface area contributed by atoms with Crippen LogP contribution in [0.25, 0.3) is 10.9 Å². The van der Waals surface area contributed by atoms with Gasteiger partial charge in [0.15, 0.2) is 0 Å². The van der Waals surface area contributed by atoms with Crippen LogP contribution >= 0.6 is 0 Å². The van der Waals surface area contributed by atoms with Gasteiger partial charge in [0.25, 0.3) is 0 Å². The maximum atomic E-state index is 12.0. The molecule has 1 amide bonds. The number of amides is 1. The third-order valence-corrected chi connectivity index (χ3v) is 3.47. The van der Waals surface area contributed by atoms with Crippen molar-refractivity contribution >= 4 is 16.8 Å². The second-order valence-corrected chi connectivity index (χ2v) is 4.99. The van der Waals surface area contributed by atoms with Crippen molar-refractivity contribution in [3.8, 4) is 0 Å². The molecule has 2 aromatic heterocycles. The summed E-state index contributed by atoms with van der Waals surface area (Å²) in [4.78, 5) is 15.2. The predicted octanol–water partition coefficient (Wildman–Crippen LogP) is 1.08. The first-order chi connectivity index (χ1) is 10.2. The third kappa shape index (κ3) is 2.95. The largest absolute Gasteiger partial charge is 0.361 e. The van der Waals surface area contributed by atoms with Gasteiger partial charge in [0, 0.05) is 35.4 Å². The molecular weight excluding hydrogens is 266 g/mol. The van der Waals surface area contributed by atoms with Gasteiger partial charge in [-0.25, -0.2) is 0 Å². The Morgan fingerprint density at radius 2 is 2.19 bits per heavy atom. The van der Waals surface area contributed by atoms with Crippen LogP contribution in [0.4, 0.5) is 0 Å². The number of aromatic amines is 2. The fourth-order valence-corrected chi connectivity index (χ4v) is 2.32. The van der Waals surface area contributed by atoms with Crippen molar-refractivity contribution in [3.05, 3.63) is 54.0 Å². The maximum absolute atomic E-state index is 12.0. The van der Waals surface area contributed by atoms with Crippen molar-refractivity contribution in [2.75, 3.05) is 0 Å². The molecule has 0 radical (unpaired) electrons. The first-order valence-electron chi connectivity index (χ1n) is 6.80. The highest BCUT2D eigenvalue weighted by Gasteiger charge is 2.15. The summed E-state index contributed by atoms with van der Waals surface area (Å²) in [5.41, 5.74) is 9.02. The summed E-state index contributed by atoms with van der Waals surface area (Å²) in [7, 11) is 0. The van der Waals surface area contributed by atoms with Gasteiger partial charge in [0.1, 0.15) is 0 Å². The van der Waals surface area contributed by atoms with Crippen LogP contribution in [0.1, 0.15) is 11.1 Å². The van der Waals surface area contributed by atoms with E-state index in [-0.39, 0.29) is 5.91 Å². The van der Waals surface area contributed by atoms with Crippen LogP contribution in [-0.4, -0.2) is 27.1 Å². The van der Waals surface area contributed by atoms with Gasteiger partial charge in [-0.05, 0) is 18.1 Å². The van der Waals surface area contributed by atoms with Crippen LogP contribution < -0.4 is 11.1 Å². The summed E-state index contributed by atoms with van der Waals surface area (Å²) >= 11 is 0. The monoisotopic (exact) mass is 283 g/mol. The number of hydrogen-bond acceptors (Lipinski definition) is 3. The van der Waals surface area contributed by atoms with Crippen molar-refractivity contribution < 1.29 is 4.79 Å². The molecule has 108 valence electrons. The zero-order valence-electron chi connectivity index (χ0n) is 11.5. The lowest BCUT2D eigenvalue weighted by Crippen LogP contribution is -2.41. The van der Waals surface area contributed by atoms with E-state index in [2.05, 4.69) is 20.5 Å². The summed E-state index contributed by atoms with van der Waals surface area (Å²) in [6.07, 6.45) is 5.83. The Bertz CT molecular complexity index is 731. The number of nitrogens with two attached hydrogens (primary N) is 1. The molecule has 0 spiro atoms. The summed E-state index contributed by atoms with van der Waals surface area (Å²) in [6.45, 7) is 0.427. The van der Waals surface area contributed by atoms with Gasteiger partial charge in [0.2, 0.25) is 5.91 Å². The number of carbonyl (C=O) groups excluding carboxylic acids is 1. The van der Waals surface area contributed by atoms with Crippen LogP contribution in [0.15, 0.2) is 42.9 Å². The Labute approximate surface area is 121 Å². The van der Waals surface area contributed by atoms with Crippen molar-refractivity contribution in [2.24, 2.45) is 5.73 Å². The minimum atomic E-state index is -0.573. The molecule has 3 rings (SSSR count). The number of fused-ring (bicyclic) bond motifs is 1. The molecule has 0 saturated carbocycles. The molecule has 1 aromatic carbocycles. The highest BCUT2D eigenvalue weighted by Crippen LogP contribution is 2.18. The molecule has 0 aliphatic rings. The molecule has 5 N–H and O–H groups in total. The standard InChI is InChI=1S/C15H17N5O/c16-13(15(21)18-6-10-7-19-20-8-10)5-11-9-17-14-4-2-1-3-12(11)14/h1-4,7-9,13,17H,5-6,16H2,(H,18,21)(H,19,20)/t13-/m1/s1. The van der Waals surface area contributed by atoms with Gasteiger partial charge in [-0.15, -0.1) is 0 Å². The molecule has 0 fully saturated rings. The number of carbonyl (C=O) groups is 1. The smallest absolute Gasteiger partial charge is 0.237 e. The minimum absolute atomic E-state index is 0.165. The van der Waals surface area contributed by atoms with E-state index in [9.17, 15) is 4.79 Å². The maximum Gasteiger partial charge on any atom is 0.237 e. The van der Waals surface area contributed by atoms with Gasteiger partial charge in [-0.2, -0.15) is 5.10 Å². The molecule has 1 atom stereocenters. The highest BCUT2D eigenvalue weighted by molar-refractivity contribution is 5.86. The fraction of sp³-hybridized carbons (Fsp3) is 0.200. The summed E-state index contributed by atoms with van der Waals surface area (Å²) in [6, 6.07) is 7.40. The van der Waals surface area contributed by atoms with E-state index < -0.39 is 6.04 Å². The number of H-pyrrole nitrogens is 2. The average Bonchev–Trinajstić information content (AvgIpc) is 3.15. The molecule has 0 bridgehead atoms. The lowest BCUT2D eigenvalue weighted by molar-refractivity contribution is -0.122. The molecule has 6 nitrogen and oxygen atoms in total. The molecule has 0 aliphatic heterocycles. The Morgan fingerprint density at radius 1 is 1.33 bits per heavy atom. The predicted molar refractivity (Wildman–Crippen MR) is 80.4 cm³/mol. The zero-order chi connectivity index (χ0) is 14.7. The van der Waals surface area contributed by atoms with Crippen molar-refractivity contribution in [2.45, 2.75) is 19.0 Å². The fourth-order valence-electron chi connectivity index (χ4n) is 2.32. The second kappa shape index (κ2) is 5.80. The van der Waals surface area contributed by atoms with Gasteiger partial charge in [-0.3, -0.25) is 9.89 Å². The van der Waals surface area contributed by atoms with E-state index in [1.165, 1.54) is 0 Å². The number of rotatable bonds is 5. The van der Waals surface area contributed by atoms with Crippen LogP contribution in [-0.2, 0) is 17.8 Å². The Kier molecular flexibility index (Phi) is 3.70. The number of nitrogens with one attached hydrogen (secondary N) is 3. The number of para-hydroxylation sites is 1. The summed E-state index contributed by atoms with van der Waals surface area (Å²) in [5.74, 6) is -0.165. The van der Waals surface area contributed by atoms with E-state index in [0.29, 0.717) is 13.0 Å². The van der Waals surface area contributed by atoms with Gasteiger partial charge in [0.05, 0.1) is 12.2 Å². The van der Waals surface area contributed by atoms with Crippen LogP contribution in [0, 0.1) is 0 Å². The zero-order valence-corrected chi connectivity index (χ0v) is 11.5. The van der Waals surface area contributed by atoms with E-state index >= 15 is 0 Å². The van der Waals surface area contributed by atoms with Crippen LogP contribution in [0.2, 0.25) is 0 Å². The number of hydrogen-bond donors (Lipinski definition) is 4. The van der Waals surface area contributed by atoms with E-state index in [1.54, 1.807) is 12.4 Å². The molecule has 0 unspecified atom stereocenters. The lowest BCUT2D eigenvalue weighted by atomic mass is 10.1. The number of benzene rings is 1. The lowest BCUT2D eigenvalue weighted by Gasteiger charge is -2.11. The van der Waals surface area contributed by atoms with Crippen molar-refractivity contribution in [3.63, 3.8) is 0 Å². The summed E-state index contributed by atoms with van der Waals surface area (Å²) < 4.78 is 0. The molecular formula is C15H17N5O. The van der Waals surface area contributed by atoms with Crippen molar-refractivity contribution in [1.29, 1.82) is 0 Å². The minimum Gasteiger partial charge on any atom is -0.361 e. The molecule has 0 saturated heterocycles. The second-order valence-electron chi connectivity index (χ2n) is 4.99. The van der Waals surface area contributed by atoms with Crippen LogP contribution in [0.5, 0.6) is 0 Å². The van der Waals surface area contributed by atoms with E-state index in [4.69, 9.17) is 5.73 Å². The Hall–Kier alpha value is -2.60. The van der Waals surface area contributed by atoms with Gasteiger partial charge >= 0.3 is 0 Å². The SMILES string of the molecule is N[C@H](Cc1c[nH]c2ccccc12)C(=O)NCc1cn[nH]c1. The number of nitrogens with zero attached hydrogens (tertiary/aromatic N) is 1. The first kappa shape index (κ1) is 13.4. The quantitative estimate of drug-likeness (QED) is 0.563. The van der Waals surface area contributed by atoms with E-state index in [1.807, 2.05) is 30.5 Å². The highest BCUT2D eigenvalue weighted by atomic mass is 16.2. The van der Waals surface area contributed by atoms with Crippen molar-refractivity contribution in [1.82, 2.24) is 20.5 Å². The summed E-state index contributed by atoms with van der Waals surface area (Å²) in [5, 5.41) is 10.4. The molecule has 2 heterocycles. The van der Waals surface area contributed by atoms with Crippen LogP contribution in [0.3, 0.4) is 0 Å². The van der Waals surface area contributed by atoms with E-state index in [0.717, 1.165) is 22.0 Å². The topological polar surface area (TPSA) is 99.6 Å². The first-order valence-corrected chi connectivity index (χ1v) is 6.80. The third-order valence-electron chi connectivity index (χ3n) is 3.47. The Morgan fingerprint density at radius 3 is 3.00 bits per heavy atom. The average molecular weight is 283 g/mol. The molecule has 0 aliphatic carbocycles.